The van der Waals surface area contributed by atoms with Crippen LogP contribution in [0.3, 0.4) is 0 Å². The normalized spacial score (nSPS) is 15.1. The fourth-order valence-electron chi connectivity index (χ4n) is 2.12. The number of hydrogen-bond acceptors (Lipinski definition) is 5. The van der Waals surface area contributed by atoms with Crippen LogP contribution in [0.25, 0.3) is 0 Å². The summed E-state index contributed by atoms with van der Waals surface area (Å²) in [5.74, 6) is 0.398. The number of amides is 1. The first-order valence-electron chi connectivity index (χ1n) is 6.35. The van der Waals surface area contributed by atoms with E-state index in [1.54, 1.807) is 0 Å². The van der Waals surface area contributed by atoms with Crippen LogP contribution in [0.4, 0.5) is 5.82 Å². The third kappa shape index (κ3) is 3.24. The van der Waals surface area contributed by atoms with Gasteiger partial charge in [-0.1, -0.05) is 0 Å². The van der Waals surface area contributed by atoms with Crippen molar-refractivity contribution in [2.45, 2.75) is 19.3 Å². The van der Waals surface area contributed by atoms with E-state index in [1.165, 1.54) is 19.9 Å². The monoisotopic (exact) mass is 266 g/mol. The fourth-order valence-corrected chi connectivity index (χ4v) is 2.12. The Kier molecular flexibility index (Phi) is 4.38. The SMILES string of the molecule is COc1c(NCC(=O)N2CCCCC2)nc[nH]c1=O. The molecule has 1 aliphatic heterocycles. The van der Waals surface area contributed by atoms with Crippen LogP contribution in [0.1, 0.15) is 19.3 Å². The third-order valence-electron chi connectivity index (χ3n) is 3.13. The summed E-state index contributed by atoms with van der Waals surface area (Å²) in [6.07, 6.45) is 4.57. The average molecular weight is 266 g/mol. The molecule has 7 heteroatoms. The zero-order valence-electron chi connectivity index (χ0n) is 10.9. The van der Waals surface area contributed by atoms with Crippen molar-refractivity contribution in [1.29, 1.82) is 0 Å². The van der Waals surface area contributed by atoms with Gasteiger partial charge in [-0.15, -0.1) is 0 Å². The number of nitrogens with zero attached hydrogens (tertiary/aromatic N) is 2. The molecular weight excluding hydrogens is 248 g/mol. The van der Waals surface area contributed by atoms with Crippen molar-refractivity contribution < 1.29 is 9.53 Å². The van der Waals surface area contributed by atoms with Gasteiger partial charge in [0.1, 0.15) is 0 Å². The number of H-pyrrole nitrogens is 1. The topological polar surface area (TPSA) is 87.3 Å². The molecule has 0 saturated carbocycles. The van der Waals surface area contributed by atoms with Gasteiger partial charge in [0.2, 0.25) is 11.7 Å². The van der Waals surface area contributed by atoms with Gasteiger partial charge in [-0.2, -0.15) is 0 Å². The highest BCUT2D eigenvalue weighted by Gasteiger charge is 2.17. The van der Waals surface area contributed by atoms with Gasteiger partial charge in [-0.3, -0.25) is 9.59 Å². The summed E-state index contributed by atoms with van der Waals surface area (Å²) in [6.45, 7) is 1.73. The molecule has 19 heavy (non-hydrogen) atoms. The largest absolute Gasteiger partial charge is 0.489 e. The van der Waals surface area contributed by atoms with Gasteiger partial charge in [-0.25, -0.2) is 4.98 Å². The highest BCUT2D eigenvalue weighted by atomic mass is 16.5. The lowest BCUT2D eigenvalue weighted by molar-refractivity contribution is -0.130. The maximum Gasteiger partial charge on any atom is 0.295 e. The van der Waals surface area contributed by atoms with Gasteiger partial charge in [0.05, 0.1) is 20.0 Å². The van der Waals surface area contributed by atoms with Gasteiger partial charge in [0.15, 0.2) is 5.82 Å². The van der Waals surface area contributed by atoms with E-state index in [1.807, 2.05) is 4.90 Å². The molecule has 1 saturated heterocycles. The number of hydrogen-bond donors (Lipinski definition) is 2. The van der Waals surface area contributed by atoms with Crippen LogP contribution < -0.4 is 15.6 Å². The second-order valence-corrected chi connectivity index (χ2v) is 4.41. The maximum atomic E-state index is 12.0. The zero-order valence-corrected chi connectivity index (χ0v) is 10.9. The van der Waals surface area contributed by atoms with E-state index in [2.05, 4.69) is 15.3 Å². The first kappa shape index (κ1) is 13.4. The van der Waals surface area contributed by atoms with Crippen LogP contribution in [0.5, 0.6) is 5.75 Å². The molecule has 1 amide bonds. The molecule has 0 aliphatic carbocycles. The molecule has 1 aromatic heterocycles. The summed E-state index contributed by atoms with van der Waals surface area (Å²) in [5, 5.41) is 2.85. The number of ether oxygens (including phenoxy) is 1. The van der Waals surface area contributed by atoms with Crippen molar-refractivity contribution in [3.8, 4) is 5.75 Å². The van der Waals surface area contributed by atoms with E-state index in [0.29, 0.717) is 0 Å². The lowest BCUT2D eigenvalue weighted by Crippen LogP contribution is -2.39. The standard InChI is InChI=1S/C12H18N4O3/c1-19-10-11(14-8-15-12(10)18)13-7-9(17)16-5-3-2-4-6-16/h8H,2-7H2,1H3,(H2,13,14,15,18). The Bertz CT molecular complexity index is 494. The lowest BCUT2D eigenvalue weighted by atomic mass is 10.1. The second-order valence-electron chi connectivity index (χ2n) is 4.41. The molecule has 104 valence electrons. The van der Waals surface area contributed by atoms with E-state index in [4.69, 9.17) is 4.74 Å². The Morgan fingerprint density at radius 3 is 2.89 bits per heavy atom. The Morgan fingerprint density at radius 1 is 1.47 bits per heavy atom. The molecule has 0 bridgehead atoms. The molecule has 2 rings (SSSR count). The molecular formula is C12H18N4O3. The van der Waals surface area contributed by atoms with E-state index in [-0.39, 0.29) is 29.6 Å². The summed E-state index contributed by atoms with van der Waals surface area (Å²) in [7, 11) is 1.39. The van der Waals surface area contributed by atoms with E-state index < -0.39 is 0 Å². The third-order valence-corrected chi connectivity index (χ3v) is 3.13. The molecule has 1 fully saturated rings. The Labute approximate surface area is 111 Å². The van der Waals surface area contributed by atoms with Crippen LogP contribution in [0.15, 0.2) is 11.1 Å². The number of rotatable bonds is 4. The Hall–Kier alpha value is -2.05. The molecule has 2 N–H and O–H groups in total. The minimum atomic E-state index is -0.370. The number of nitrogens with one attached hydrogen (secondary N) is 2. The molecule has 2 heterocycles. The summed E-state index contributed by atoms with van der Waals surface area (Å²) in [5.41, 5.74) is -0.370. The number of carbonyl (C=O) groups is 1. The molecule has 0 atom stereocenters. The van der Waals surface area contributed by atoms with Crippen molar-refractivity contribution >= 4 is 11.7 Å². The number of piperidine rings is 1. The molecule has 0 spiro atoms. The maximum absolute atomic E-state index is 12.0. The minimum Gasteiger partial charge on any atom is -0.489 e. The predicted molar refractivity (Wildman–Crippen MR) is 70.3 cm³/mol. The van der Waals surface area contributed by atoms with Gasteiger partial charge in [0.25, 0.3) is 5.56 Å². The van der Waals surface area contributed by atoms with Gasteiger partial charge < -0.3 is 19.9 Å². The highest BCUT2D eigenvalue weighted by molar-refractivity contribution is 5.81. The second kappa shape index (κ2) is 6.21. The highest BCUT2D eigenvalue weighted by Crippen LogP contribution is 2.14. The summed E-state index contributed by atoms with van der Waals surface area (Å²) in [6, 6.07) is 0. The fraction of sp³-hybridized carbons (Fsp3) is 0.583. The van der Waals surface area contributed by atoms with Crippen molar-refractivity contribution in [2.75, 3.05) is 32.1 Å². The Balaban J connectivity index is 1.96. The van der Waals surface area contributed by atoms with Gasteiger partial charge in [-0.05, 0) is 19.3 Å². The smallest absolute Gasteiger partial charge is 0.295 e. The van der Waals surface area contributed by atoms with Crippen LogP contribution in [-0.2, 0) is 4.79 Å². The van der Waals surface area contributed by atoms with Crippen LogP contribution >= 0.6 is 0 Å². The van der Waals surface area contributed by atoms with Crippen LogP contribution in [0, 0.1) is 0 Å². The molecule has 0 radical (unpaired) electrons. The molecule has 1 aromatic rings. The zero-order chi connectivity index (χ0) is 13.7. The number of aromatic amines is 1. The molecule has 0 aromatic carbocycles. The van der Waals surface area contributed by atoms with E-state index >= 15 is 0 Å². The number of aromatic nitrogens is 2. The van der Waals surface area contributed by atoms with Crippen molar-refractivity contribution in [2.24, 2.45) is 0 Å². The van der Waals surface area contributed by atoms with Gasteiger partial charge >= 0.3 is 0 Å². The first-order valence-corrected chi connectivity index (χ1v) is 6.35. The minimum absolute atomic E-state index is 0.0174. The number of anilines is 1. The van der Waals surface area contributed by atoms with Crippen LogP contribution in [0.2, 0.25) is 0 Å². The summed E-state index contributed by atoms with van der Waals surface area (Å²) in [4.78, 5) is 31.6. The van der Waals surface area contributed by atoms with E-state index in [9.17, 15) is 9.59 Å². The van der Waals surface area contributed by atoms with Crippen molar-refractivity contribution in [3.63, 3.8) is 0 Å². The van der Waals surface area contributed by atoms with Crippen molar-refractivity contribution in [3.05, 3.63) is 16.7 Å². The van der Waals surface area contributed by atoms with E-state index in [0.717, 1.165) is 25.9 Å². The molecule has 7 nitrogen and oxygen atoms in total. The summed E-state index contributed by atoms with van der Waals surface area (Å²) >= 11 is 0. The first-order chi connectivity index (χ1) is 9.22. The quantitative estimate of drug-likeness (QED) is 0.813. The van der Waals surface area contributed by atoms with Gasteiger partial charge in [0, 0.05) is 13.1 Å². The molecule has 0 unspecified atom stereocenters. The van der Waals surface area contributed by atoms with Crippen molar-refractivity contribution in [1.82, 2.24) is 14.9 Å². The number of methoxy groups -OCH3 is 1. The summed E-state index contributed by atoms with van der Waals surface area (Å²) < 4.78 is 4.96. The lowest BCUT2D eigenvalue weighted by Gasteiger charge is -2.26. The van der Waals surface area contributed by atoms with Crippen LogP contribution in [-0.4, -0.2) is 47.5 Å². The average Bonchev–Trinajstić information content (AvgIpc) is 2.45. The molecule has 1 aliphatic rings. The predicted octanol–water partition coefficient (Wildman–Crippen LogP) is 0.203. The Morgan fingerprint density at radius 2 is 2.21 bits per heavy atom. The number of likely N-dealkylation sites (tertiary alicyclic amines) is 1. The number of carbonyl (C=O) groups excluding carboxylic acids is 1.